The summed E-state index contributed by atoms with van der Waals surface area (Å²) >= 11 is 0. The summed E-state index contributed by atoms with van der Waals surface area (Å²) in [5, 5.41) is 3.45. The molecule has 3 unspecified atom stereocenters. The zero-order chi connectivity index (χ0) is 23.1. The summed E-state index contributed by atoms with van der Waals surface area (Å²) in [5.74, 6) is 2.43. The predicted molar refractivity (Wildman–Crippen MR) is 123 cm³/mol. The van der Waals surface area contributed by atoms with Gasteiger partial charge in [-0.1, -0.05) is 0 Å². The van der Waals surface area contributed by atoms with Gasteiger partial charge in [-0.25, -0.2) is 24.9 Å². The number of amides is 1. The van der Waals surface area contributed by atoms with E-state index in [9.17, 15) is 4.79 Å². The van der Waals surface area contributed by atoms with Crippen molar-refractivity contribution in [2.45, 2.75) is 65.3 Å². The third-order valence-corrected chi connectivity index (χ3v) is 6.27. The summed E-state index contributed by atoms with van der Waals surface area (Å²) in [7, 11) is 0. The van der Waals surface area contributed by atoms with Crippen LogP contribution in [0.4, 0.5) is 5.82 Å². The first-order valence-electron chi connectivity index (χ1n) is 11.7. The summed E-state index contributed by atoms with van der Waals surface area (Å²) in [6.07, 6.45) is 7.19. The fourth-order valence-corrected chi connectivity index (χ4v) is 4.58. The van der Waals surface area contributed by atoms with Crippen LogP contribution < -0.4 is 5.32 Å². The van der Waals surface area contributed by atoms with Crippen molar-refractivity contribution in [3.05, 3.63) is 24.5 Å². The maximum Gasteiger partial charge on any atom is 0.245 e. The number of hydrogen-bond acceptors (Lipinski definition) is 8. The lowest BCUT2D eigenvalue weighted by Crippen LogP contribution is -2.53. The van der Waals surface area contributed by atoms with E-state index in [2.05, 4.69) is 25.3 Å². The minimum absolute atomic E-state index is 0.0304. The molecule has 10 nitrogen and oxygen atoms in total. The van der Waals surface area contributed by atoms with Gasteiger partial charge in [-0.15, -0.1) is 0 Å². The van der Waals surface area contributed by atoms with Crippen LogP contribution in [0.15, 0.2) is 18.7 Å². The van der Waals surface area contributed by atoms with Gasteiger partial charge in [0, 0.05) is 32.0 Å². The topological polar surface area (TPSA) is 111 Å². The lowest BCUT2D eigenvalue weighted by Gasteiger charge is -2.37. The first-order chi connectivity index (χ1) is 15.9. The maximum absolute atomic E-state index is 13.5. The number of ether oxygens (including phenoxy) is 1. The van der Waals surface area contributed by atoms with E-state index in [0.717, 1.165) is 29.9 Å². The van der Waals surface area contributed by atoms with E-state index in [1.807, 2.05) is 37.2 Å². The zero-order valence-corrected chi connectivity index (χ0v) is 19.5. The zero-order valence-electron chi connectivity index (χ0n) is 19.5. The van der Waals surface area contributed by atoms with Crippen LogP contribution in [0.5, 0.6) is 0 Å². The Hall–Kier alpha value is -3.14. The fraction of sp³-hybridized carbons (Fsp3) is 0.565. The minimum atomic E-state index is -0.335. The van der Waals surface area contributed by atoms with E-state index in [0.29, 0.717) is 42.7 Å². The second-order valence-corrected chi connectivity index (χ2v) is 9.05. The van der Waals surface area contributed by atoms with Crippen molar-refractivity contribution >= 4 is 22.9 Å². The minimum Gasteiger partial charge on any atom is -0.372 e. The van der Waals surface area contributed by atoms with Crippen molar-refractivity contribution in [2.75, 3.05) is 18.4 Å². The number of carbonyl (C=O) groups excluding carboxylic acids is 1. The Labute approximate surface area is 192 Å². The van der Waals surface area contributed by atoms with Gasteiger partial charge in [-0.2, -0.15) is 0 Å². The van der Waals surface area contributed by atoms with Crippen LogP contribution in [-0.2, 0) is 16.1 Å². The first kappa shape index (κ1) is 21.7. The Morgan fingerprint density at radius 1 is 1.15 bits per heavy atom. The standard InChI is InChI=1S/C23H30N8O2/c1-5-31-21(17-8-24-15(4)25-9-17)29-19-20(26-12-27-22(19)31)28-18(16-6-7-16)23(32)30-10-13(2)33-14(3)11-30/h8-9,12-14,16,18H,5-7,10-11H2,1-4H3,(H,26,27,28). The number of anilines is 1. The molecular formula is C23H30N8O2. The van der Waals surface area contributed by atoms with Crippen LogP contribution in [0.1, 0.15) is 39.4 Å². The second-order valence-electron chi connectivity index (χ2n) is 9.05. The highest BCUT2D eigenvalue weighted by Crippen LogP contribution is 2.36. The SMILES string of the molecule is CCn1c(-c2cnc(C)nc2)nc2c(NC(C(=O)N3CC(C)OC(C)C3)C3CC3)ncnc21. The van der Waals surface area contributed by atoms with Crippen LogP contribution in [0.25, 0.3) is 22.6 Å². The monoisotopic (exact) mass is 450 g/mol. The van der Waals surface area contributed by atoms with Gasteiger partial charge >= 0.3 is 0 Å². The number of aryl methyl sites for hydroxylation is 2. The normalized spacial score (nSPS) is 21.9. The van der Waals surface area contributed by atoms with Crippen molar-refractivity contribution in [2.24, 2.45) is 5.92 Å². The maximum atomic E-state index is 13.5. The third kappa shape index (κ3) is 4.27. The van der Waals surface area contributed by atoms with Gasteiger partial charge in [0.2, 0.25) is 5.91 Å². The Morgan fingerprint density at radius 2 is 1.85 bits per heavy atom. The molecule has 0 spiro atoms. The lowest BCUT2D eigenvalue weighted by molar-refractivity contribution is -0.144. The van der Waals surface area contributed by atoms with Gasteiger partial charge in [-0.3, -0.25) is 4.79 Å². The number of hydrogen-bond donors (Lipinski definition) is 1. The van der Waals surface area contributed by atoms with Crippen molar-refractivity contribution in [1.29, 1.82) is 0 Å². The predicted octanol–water partition coefficient (Wildman–Crippen LogP) is 2.44. The summed E-state index contributed by atoms with van der Waals surface area (Å²) < 4.78 is 7.84. The summed E-state index contributed by atoms with van der Waals surface area (Å²) in [4.78, 5) is 37.9. The number of imidazole rings is 1. The van der Waals surface area contributed by atoms with E-state index in [4.69, 9.17) is 9.72 Å². The number of morpholine rings is 1. The van der Waals surface area contributed by atoms with E-state index in [-0.39, 0.29) is 24.2 Å². The number of fused-ring (bicyclic) bond motifs is 1. The molecule has 3 aromatic rings. The molecule has 1 amide bonds. The van der Waals surface area contributed by atoms with Crippen LogP contribution in [0.2, 0.25) is 0 Å². The Morgan fingerprint density at radius 3 is 2.48 bits per heavy atom. The van der Waals surface area contributed by atoms with Gasteiger partial charge in [0.1, 0.15) is 24.0 Å². The van der Waals surface area contributed by atoms with Crippen molar-refractivity contribution in [1.82, 2.24) is 34.4 Å². The molecular weight excluding hydrogens is 420 g/mol. The molecule has 10 heteroatoms. The quantitative estimate of drug-likeness (QED) is 0.610. The number of nitrogens with one attached hydrogen (secondary N) is 1. The van der Waals surface area contributed by atoms with Crippen molar-refractivity contribution < 1.29 is 9.53 Å². The van der Waals surface area contributed by atoms with Gasteiger partial charge < -0.3 is 19.5 Å². The smallest absolute Gasteiger partial charge is 0.245 e. The number of nitrogens with zero attached hydrogens (tertiary/aromatic N) is 7. The molecule has 1 saturated heterocycles. The van der Waals surface area contributed by atoms with Crippen LogP contribution in [0.3, 0.4) is 0 Å². The van der Waals surface area contributed by atoms with Crippen LogP contribution >= 0.6 is 0 Å². The summed E-state index contributed by atoms with van der Waals surface area (Å²) in [5.41, 5.74) is 2.19. The van der Waals surface area contributed by atoms with Gasteiger partial charge in [0.25, 0.3) is 0 Å². The molecule has 1 aliphatic carbocycles. The summed E-state index contributed by atoms with van der Waals surface area (Å²) in [6, 6.07) is -0.335. The molecule has 1 N–H and O–H groups in total. The van der Waals surface area contributed by atoms with E-state index < -0.39 is 0 Å². The van der Waals surface area contributed by atoms with Gasteiger partial charge in [0.15, 0.2) is 17.0 Å². The molecule has 174 valence electrons. The largest absolute Gasteiger partial charge is 0.372 e. The van der Waals surface area contributed by atoms with Crippen molar-refractivity contribution in [3.8, 4) is 11.4 Å². The average molecular weight is 451 g/mol. The Kier molecular flexibility index (Phi) is 5.69. The number of aromatic nitrogens is 6. The molecule has 2 aliphatic rings. The Bertz CT molecular complexity index is 1150. The Balaban J connectivity index is 1.48. The van der Waals surface area contributed by atoms with Crippen LogP contribution in [0, 0.1) is 12.8 Å². The molecule has 1 aliphatic heterocycles. The molecule has 1 saturated carbocycles. The molecule has 4 heterocycles. The molecule has 3 atom stereocenters. The molecule has 33 heavy (non-hydrogen) atoms. The van der Waals surface area contributed by atoms with Crippen LogP contribution in [-0.4, -0.2) is 71.6 Å². The van der Waals surface area contributed by atoms with E-state index >= 15 is 0 Å². The van der Waals surface area contributed by atoms with Gasteiger partial charge in [0.05, 0.1) is 17.8 Å². The molecule has 0 radical (unpaired) electrons. The van der Waals surface area contributed by atoms with Gasteiger partial charge in [-0.05, 0) is 46.5 Å². The highest BCUT2D eigenvalue weighted by molar-refractivity contribution is 5.91. The molecule has 0 aromatic carbocycles. The lowest BCUT2D eigenvalue weighted by atomic mass is 10.1. The highest BCUT2D eigenvalue weighted by Gasteiger charge is 2.40. The number of rotatable bonds is 6. The second kappa shape index (κ2) is 8.66. The third-order valence-electron chi connectivity index (χ3n) is 6.27. The average Bonchev–Trinajstić information content (AvgIpc) is 3.56. The number of carbonyl (C=O) groups is 1. The molecule has 0 bridgehead atoms. The van der Waals surface area contributed by atoms with E-state index in [1.54, 1.807) is 12.4 Å². The molecule has 5 rings (SSSR count). The molecule has 3 aromatic heterocycles. The molecule has 2 fully saturated rings. The fourth-order valence-electron chi connectivity index (χ4n) is 4.58. The first-order valence-corrected chi connectivity index (χ1v) is 11.7. The van der Waals surface area contributed by atoms with Crippen molar-refractivity contribution in [3.63, 3.8) is 0 Å². The summed E-state index contributed by atoms with van der Waals surface area (Å²) in [6.45, 7) is 9.82. The van der Waals surface area contributed by atoms with E-state index in [1.165, 1.54) is 6.33 Å². The highest BCUT2D eigenvalue weighted by atomic mass is 16.5.